The molecular formula is C27H31NO. The zero-order valence-corrected chi connectivity index (χ0v) is 17.2. The van der Waals surface area contributed by atoms with E-state index in [1.54, 1.807) is 6.07 Å². The molecule has 150 valence electrons. The van der Waals surface area contributed by atoms with Gasteiger partial charge >= 0.3 is 0 Å². The Morgan fingerprint density at radius 2 is 1.66 bits per heavy atom. The number of hydrogen-bond acceptors (Lipinski definition) is 2. The number of phenols is 1. The number of likely N-dealkylation sites (tertiary alicyclic amines) is 1. The summed E-state index contributed by atoms with van der Waals surface area (Å²) in [6, 6.07) is 21.8. The maximum Gasteiger partial charge on any atom is 0.123 e. The molecule has 1 saturated carbocycles. The first-order valence-electron chi connectivity index (χ1n) is 11.3. The Bertz CT molecular complexity index is 989. The van der Waals surface area contributed by atoms with Gasteiger partial charge < -0.3 is 10.0 Å². The quantitative estimate of drug-likeness (QED) is 0.561. The second kappa shape index (κ2) is 8.20. The van der Waals surface area contributed by atoms with E-state index in [9.17, 15) is 5.11 Å². The van der Waals surface area contributed by atoms with Crippen LogP contribution >= 0.6 is 0 Å². The van der Waals surface area contributed by atoms with E-state index in [0.29, 0.717) is 5.75 Å². The van der Waals surface area contributed by atoms with E-state index in [4.69, 9.17) is 0 Å². The fourth-order valence-electron chi connectivity index (χ4n) is 5.54. The summed E-state index contributed by atoms with van der Waals surface area (Å²) in [5, 5.41) is 12.8. The second-order valence-corrected chi connectivity index (χ2v) is 9.02. The van der Waals surface area contributed by atoms with Gasteiger partial charge in [-0.3, -0.25) is 0 Å². The Morgan fingerprint density at radius 3 is 2.52 bits per heavy atom. The van der Waals surface area contributed by atoms with Crippen molar-refractivity contribution in [3.05, 3.63) is 66.2 Å². The summed E-state index contributed by atoms with van der Waals surface area (Å²) in [4.78, 5) is 2.78. The highest BCUT2D eigenvalue weighted by Gasteiger charge is 2.29. The van der Waals surface area contributed by atoms with E-state index in [0.717, 1.165) is 23.1 Å². The Labute approximate surface area is 174 Å². The summed E-state index contributed by atoms with van der Waals surface area (Å²) in [6.07, 6.45) is 9.64. The lowest BCUT2D eigenvalue weighted by Crippen LogP contribution is -2.35. The third-order valence-corrected chi connectivity index (χ3v) is 7.07. The minimum atomic E-state index is 0.345. The van der Waals surface area contributed by atoms with Crippen LogP contribution in [0.25, 0.3) is 21.9 Å². The second-order valence-electron chi connectivity index (χ2n) is 9.02. The molecule has 1 N–H and O–H groups in total. The fourth-order valence-corrected chi connectivity index (χ4v) is 5.54. The molecule has 3 aromatic rings. The standard InChI is InChI=1S/C27H31NO/c29-27-12-5-4-10-26(27)25-11-6-7-22-18-20(13-14-24(22)25)17-21-15-16-28(19-21)23-8-2-1-3-9-23/h4-7,10-14,18,21,23,29H,1-3,8-9,15-17,19H2. The molecule has 1 saturated heterocycles. The van der Waals surface area contributed by atoms with Gasteiger partial charge in [0.25, 0.3) is 0 Å². The smallest absolute Gasteiger partial charge is 0.123 e. The Kier molecular flexibility index (Phi) is 5.28. The molecule has 2 nitrogen and oxygen atoms in total. The van der Waals surface area contributed by atoms with Crippen molar-refractivity contribution < 1.29 is 5.11 Å². The van der Waals surface area contributed by atoms with Crippen LogP contribution in [0.2, 0.25) is 0 Å². The molecular weight excluding hydrogens is 354 g/mol. The normalized spacial score (nSPS) is 21.0. The van der Waals surface area contributed by atoms with Crippen LogP contribution in [0.15, 0.2) is 60.7 Å². The average Bonchev–Trinajstić information content (AvgIpc) is 3.23. The highest BCUT2D eigenvalue weighted by Crippen LogP contribution is 2.35. The summed E-state index contributed by atoms with van der Waals surface area (Å²) < 4.78 is 0. The zero-order valence-electron chi connectivity index (χ0n) is 17.2. The Balaban J connectivity index is 1.34. The van der Waals surface area contributed by atoms with Crippen molar-refractivity contribution in [2.45, 2.75) is 51.0 Å². The van der Waals surface area contributed by atoms with Gasteiger partial charge in [-0.2, -0.15) is 0 Å². The van der Waals surface area contributed by atoms with Gasteiger partial charge in [-0.15, -0.1) is 0 Å². The number of hydrogen-bond donors (Lipinski definition) is 1. The van der Waals surface area contributed by atoms with Crippen LogP contribution in [0.4, 0.5) is 0 Å². The molecule has 0 aromatic heterocycles. The topological polar surface area (TPSA) is 23.5 Å². The van der Waals surface area contributed by atoms with Gasteiger partial charge in [0.2, 0.25) is 0 Å². The van der Waals surface area contributed by atoms with E-state index in [2.05, 4.69) is 41.3 Å². The van der Waals surface area contributed by atoms with Gasteiger partial charge in [0, 0.05) is 18.2 Å². The number of benzene rings is 3. The lowest BCUT2D eigenvalue weighted by atomic mass is 9.93. The van der Waals surface area contributed by atoms with Crippen LogP contribution in [-0.4, -0.2) is 29.1 Å². The van der Waals surface area contributed by atoms with E-state index >= 15 is 0 Å². The van der Waals surface area contributed by atoms with E-state index in [1.165, 1.54) is 74.4 Å². The van der Waals surface area contributed by atoms with Crippen molar-refractivity contribution in [1.82, 2.24) is 4.90 Å². The van der Waals surface area contributed by atoms with E-state index < -0.39 is 0 Å². The summed E-state index contributed by atoms with van der Waals surface area (Å²) in [7, 11) is 0. The molecule has 1 aliphatic carbocycles. The molecule has 5 rings (SSSR count). The van der Waals surface area contributed by atoms with Crippen molar-refractivity contribution >= 4 is 10.8 Å². The molecule has 2 heteroatoms. The minimum absolute atomic E-state index is 0.345. The molecule has 29 heavy (non-hydrogen) atoms. The number of phenolic OH excluding ortho intramolecular Hbond substituents is 1. The monoisotopic (exact) mass is 385 g/mol. The van der Waals surface area contributed by atoms with Gasteiger partial charge in [-0.05, 0) is 66.1 Å². The number of nitrogens with zero attached hydrogens (tertiary/aromatic N) is 1. The molecule has 0 bridgehead atoms. The first-order chi connectivity index (χ1) is 14.3. The minimum Gasteiger partial charge on any atom is -0.507 e. The lowest BCUT2D eigenvalue weighted by Gasteiger charge is -2.31. The highest BCUT2D eigenvalue weighted by atomic mass is 16.3. The molecule has 1 aliphatic heterocycles. The molecule has 0 spiro atoms. The molecule has 1 atom stereocenters. The molecule has 2 aliphatic rings. The van der Waals surface area contributed by atoms with Crippen LogP contribution in [0, 0.1) is 5.92 Å². The first kappa shape index (κ1) is 18.7. The number of fused-ring (bicyclic) bond motifs is 1. The molecule has 1 heterocycles. The Hall–Kier alpha value is -2.32. The van der Waals surface area contributed by atoms with Crippen molar-refractivity contribution in [2.24, 2.45) is 5.92 Å². The fraction of sp³-hybridized carbons (Fsp3) is 0.407. The summed E-state index contributed by atoms with van der Waals surface area (Å²) in [5.41, 5.74) is 3.46. The van der Waals surface area contributed by atoms with Crippen molar-refractivity contribution in [2.75, 3.05) is 13.1 Å². The maximum atomic E-state index is 10.3. The molecule has 1 unspecified atom stereocenters. The molecule has 0 amide bonds. The van der Waals surface area contributed by atoms with Gasteiger partial charge in [0.15, 0.2) is 0 Å². The van der Waals surface area contributed by atoms with Crippen molar-refractivity contribution in [1.29, 1.82) is 0 Å². The summed E-state index contributed by atoms with van der Waals surface area (Å²) >= 11 is 0. The van der Waals surface area contributed by atoms with Crippen molar-refractivity contribution in [3.63, 3.8) is 0 Å². The third-order valence-electron chi connectivity index (χ3n) is 7.07. The Morgan fingerprint density at radius 1 is 0.828 bits per heavy atom. The van der Waals surface area contributed by atoms with Gasteiger partial charge in [-0.1, -0.05) is 73.9 Å². The average molecular weight is 386 g/mol. The summed E-state index contributed by atoms with van der Waals surface area (Å²) in [6.45, 7) is 2.57. The first-order valence-corrected chi connectivity index (χ1v) is 11.3. The number of rotatable bonds is 4. The van der Waals surface area contributed by atoms with Crippen LogP contribution in [0.3, 0.4) is 0 Å². The van der Waals surface area contributed by atoms with Crippen LogP contribution in [0.1, 0.15) is 44.1 Å². The summed E-state index contributed by atoms with van der Waals surface area (Å²) in [5.74, 6) is 1.13. The van der Waals surface area contributed by atoms with Crippen LogP contribution in [0.5, 0.6) is 5.75 Å². The third kappa shape index (κ3) is 3.91. The van der Waals surface area contributed by atoms with Gasteiger partial charge in [0.1, 0.15) is 5.75 Å². The van der Waals surface area contributed by atoms with E-state index in [1.807, 2.05) is 18.2 Å². The lowest BCUT2D eigenvalue weighted by molar-refractivity contribution is 0.185. The molecule has 3 aromatic carbocycles. The SMILES string of the molecule is Oc1ccccc1-c1cccc2cc(CC3CCN(C4CCCCC4)C3)ccc12. The zero-order chi connectivity index (χ0) is 19.6. The number of aromatic hydroxyl groups is 1. The largest absolute Gasteiger partial charge is 0.507 e. The highest BCUT2D eigenvalue weighted by molar-refractivity contribution is 5.98. The van der Waals surface area contributed by atoms with Crippen LogP contribution in [-0.2, 0) is 6.42 Å². The van der Waals surface area contributed by atoms with Crippen molar-refractivity contribution in [3.8, 4) is 16.9 Å². The molecule has 2 fully saturated rings. The van der Waals surface area contributed by atoms with E-state index in [-0.39, 0.29) is 0 Å². The predicted molar refractivity (Wildman–Crippen MR) is 121 cm³/mol. The molecule has 0 radical (unpaired) electrons. The maximum absolute atomic E-state index is 10.3. The van der Waals surface area contributed by atoms with Gasteiger partial charge in [0.05, 0.1) is 0 Å². The predicted octanol–water partition coefficient (Wildman–Crippen LogP) is 6.41. The van der Waals surface area contributed by atoms with Gasteiger partial charge in [-0.25, -0.2) is 0 Å². The van der Waals surface area contributed by atoms with Crippen LogP contribution < -0.4 is 0 Å². The number of para-hydroxylation sites is 1.